The molecule has 0 bridgehead atoms. The Morgan fingerprint density at radius 3 is 2.57 bits per heavy atom. The van der Waals surface area contributed by atoms with Gasteiger partial charge in [-0.3, -0.25) is 0 Å². The van der Waals surface area contributed by atoms with E-state index in [1.807, 2.05) is 0 Å². The van der Waals surface area contributed by atoms with Crippen LogP contribution in [0.15, 0.2) is 24.3 Å². The number of hydrogen-bond donors (Lipinski definition) is 1. The topological polar surface area (TPSA) is 47.0 Å². The minimum Gasteiger partial charge on any atom is -0.384 e. The summed E-state index contributed by atoms with van der Waals surface area (Å²) < 4.78 is 45.8. The van der Waals surface area contributed by atoms with E-state index in [-0.39, 0.29) is 5.56 Å². The number of rotatable bonds is 6. The molecule has 0 fully saturated rings. The largest absolute Gasteiger partial charge is 0.393 e. The lowest BCUT2D eigenvalue weighted by Gasteiger charge is -2.07. The maximum Gasteiger partial charge on any atom is 0.393 e. The Morgan fingerprint density at radius 2 is 1.95 bits per heavy atom. The number of benzene rings is 1. The van der Waals surface area contributed by atoms with Crippen molar-refractivity contribution < 1.29 is 17.9 Å². The molecule has 8 heteroatoms. The molecule has 1 aromatic heterocycles. The lowest BCUT2D eigenvalue weighted by molar-refractivity contribution is -0.127. The van der Waals surface area contributed by atoms with Gasteiger partial charge < -0.3 is 10.1 Å². The van der Waals surface area contributed by atoms with E-state index in [1.165, 1.54) is 23.7 Å². The van der Waals surface area contributed by atoms with E-state index in [1.54, 1.807) is 19.2 Å². The van der Waals surface area contributed by atoms with Crippen molar-refractivity contribution in [3.63, 3.8) is 0 Å². The Bertz CT molecular complexity index is 569. The van der Waals surface area contributed by atoms with Crippen molar-refractivity contribution in [2.45, 2.75) is 19.0 Å². The van der Waals surface area contributed by atoms with Gasteiger partial charge in [-0.1, -0.05) is 12.1 Å². The molecular weight excluding hydrogens is 303 g/mol. The number of anilines is 2. The second-order valence-corrected chi connectivity index (χ2v) is 5.12. The van der Waals surface area contributed by atoms with E-state index < -0.39 is 12.6 Å². The number of methoxy groups -OCH3 is 1. The van der Waals surface area contributed by atoms with Gasteiger partial charge in [-0.25, -0.2) is 4.98 Å². The summed E-state index contributed by atoms with van der Waals surface area (Å²) in [7, 11) is 1.61. The lowest BCUT2D eigenvalue weighted by atomic mass is 10.1. The molecular formula is C13H14F3N3OS. The molecule has 4 nitrogen and oxygen atoms in total. The van der Waals surface area contributed by atoms with Crippen LogP contribution in [0.25, 0.3) is 0 Å². The highest BCUT2D eigenvalue weighted by atomic mass is 32.1. The molecule has 2 aromatic rings. The Labute approximate surface area is 124 Å². The molecule has 0 amide bonds. The van der Waals surface area contributed by atoms with Crippen LogP contribution in [0.2, 0.25) is 0 Å². The molecule has 0 spiro atoms. The first kappa shape index (κ1) is 15.7. The SMILES string of the molecule is COCCc1nsc(Nc2ccc(CC(F)(F)F)cc2)n1. The summed E-state index contributed by atoms with van der Waals surface area (Å²) in [4.78, 5) is 4.26. The van der Waals surface area contributed by atoms with Gasteiger partial charge in [0, 0.05) is 30.8 Å². The number of nitrogens with one attached hydrogen (secondary N) is 1. The molecule has 0 saturated carbocycles. The van der Waals surface area contributed by atoms with Crippen molar-refractivity contribution in [1.82, 2.24) is 9.36 Å². The molecule has 0 aliphatic heterocycles. The third-order valence-electron chi connectivity index (χ3n) is 2.61. The van der Waals surface area contributed by atoms with Crippen molar-refractivity contribution in [2.24, 2.45) is 0 Å². The van der Waals surface area contributed by atoms with Gasteiger partial charge in [-0.15, -0.1) is 0 Å². The summed E-state index contributed by atoms with van der Waals surface area (Å²) >= 11 is 1.20. The number of hydrogen-bond acceptors (Lipinski definition) is 5. The molecule has 0 atom stereocenters. The fourth-order valence-corrected chi connectivity index (χ4v) is 2.29. The molecule has 0 aliphatic rings. The quantitative estimate of drug-likeness (QED) is 0.885. The number of alkyl halides is 3. The minimum atomic E-state index is -4.19. The van der Waals surface area contributed by atoms with Crippen LogP contribution in [0.1, 0.15) is 11.4 Å². The van der Waals surface area contributed by atoms with Gasteiger partial charge in [-0.2, -0.15) is 17.5 Å². The van der Waals surface area contributed by atoms with E-state index in [0.717, 1.165) is 0 Å². The van der Waals surface area contributed by atoms with Crippen molar-refractivity contribution in [3.05, 3.63) is 35.7 Å². The second-order valence-electron chi connectivity index (χ2n) is 4.37. The van der Waals surface area contributed by atoms with Crippen LogP contribution in [0.5, 0.6) is 0 Å². The van der Waals surface area contributed by atoms with Gasteiger partial charge in [0.05, 0.1) is 13.0 Å². The zero-order valence-electron chi connectivity index (χ0n) is 11.3. The first-order valence-corrected chi connectivity index (χ1v) is 6.98. The minimum absolute atomic E-state index is 0.228. The smallest absolute Gasteiger partial charge is 0.384 e. The molecule has 1 N–H and O–H groups in total. The van der Waals surface area contributed by atoms with E-state index in [9.17, 15) is 13.2 Å². The fraction of sp³-hybridized carbons (Fsp3) is 0.385. The summed E-state index contributed by atoms with van der Waals surface area (Å²) in [5.74, 6) is 0.679. The van der Waals surface area contributed by atoms with Gasteiger partial charge in [0.2, 0.25) is 5.13 Å². The van der Waals surface area contributed by atoms with Gasteiger partial charge in [-0.05, 0) is 17.7 Å². The first-order chi connectivity index (χ1) is 9.96. The number of halogens is 3. The summed E-state index contributed by atoms with van der Waals surface area (Å²) in [6, 6.07) is 6.08. The monoisotopic (exact) mass is 317 g/mol. The summed E-state index contributed by atoms with van der Waals surface area (Å²) in [5.41, 5.74) is 0.904. The highest BCUT2D eigenvalue weighted by Gasteiger charge is 2.27. The second kappa shape index (κ2) is 6.86. The van der Waals surface area contributed by atoms with Crippen LogP contribution in [-0.2, 0) is 17.6 Å². The van der Waals surface area contributed by atoms with Crippen molar-refractivity contribution in [1.29, 1.82) is 0 Å². The standard InChI is InChI=1S/C13H14F3N3OS/c1-20-7-6-11-18-12(21-19-11)17-10-4-2-9(3-5-10)8-13(14,15)16/h2-5H,6-8H2,1H3,(H,17,18,19). The Hall–Kier alpha value is -1.67. The molecule has 21 heavy (non-hydrogen) atoms. The van der Waals surface area contributed by atoms with Crippen molar-refractivity contribution >= 4 is 22.4 Å². The highest BCUT2D eigenvalue weighted by Crippen LogP contribution is 2.23. The van der Waals surface area contributed by atoms with Gasteiger partial charge in [0.1, 0.15) is 5.82 Å². The van der Waals surface area contributed by atoms with E-state index in [2.05, 4.69) is 14.7 Å². The van der Waals surface area contributed by atoms with Gasteiger partial charge in [0.15, 0.2) is 0 Å². The zero-order chi connectivity index (χ0) is 15.3. The van der Waals surface area contributed by atoms with Crippen molar-refractivity contribution in [2.75, 3.05) is 19.0 Å². The maximum atomic E-state index is 12.3. The fourth-order valence-electron chi connectivity index (χ4n) is 1.66. The van der Waals surface area contributed by atoms with E-state index in [4.69, 9.17) is 4.74 Å². The van der Waals surface area contributed by atoms with Crippen LogP contribution >= 0.6 is 11.5 Å². The Kier molecular flexibility index (Phi) is 5.13. The van der Waals surface area contributed by atoms with Gasteiger partial charge in [0.25, 0.3) is 0 Å². The predicted octanol–water partition coefficient (Wildman–Crippen LogP) is 3.58. The lowest BCUT2D eigenvalue weighted by Crippen LogP contribution is -2.11. The van der Waals surface area contributed by atoms with Crippen LogP contribution in [0.4, 0.5) is 24.0 Å². The molecule has 0 aliphatic carbocycles. The molecule has 1 aromatic carbocycles. The first-order valence-electron chi connectivity index (χ1n) is 6.20. The van der Waals surface area contributed by atoms with E-state index >= 15 is 0 Å². The average Bonchev–Trinajstić information content (AvgIpc) is 2.85. The molecule has 0 saturated heterocycles. The third kappa shape index (κ3) is 5.31. The van der Waals surface area contributed by atoms with Crippen LogP contribution < -0.4 is 5.32 Å². The zero-order valence-corrected chi connectivity index (χ0v) is 12.1. The van der Waals surface area contributed by atoms with E-state index in [0.29, 0.717) is 29.7 Å². The molecule has 2 rings (SSSR count). The average molecular weight is 317 g/mol. The summed E-state index contributed by atoms with van der Waals surface area (Å²) in [5, 5.41) is 3.62. The van der Waals surface area contributed by atoms with Gasteiger partial charge >= 0.3 is 6.18 Å². The molecule has 0 radical (unpaired) electrons. The number of aromatic nitrogens is 2. The predicted molar refractivity (Wildman–Crippen MR) is 75.0 cm³/mol. The third-order valence-corrected chi connectivity index (χ3v) is 3.28. The number of ether oxygens (including phenoxy) is 1. The van der Waals surface area contributed by atoms with Crippen LogP contribution in [0, 0.1) is 0 Å². The molecule has 1 heterocycles. The van der Waals surface area contributed by atoms with Crippen LogP contribution in [0.3, 0.4) is 0 Å². The van der Waals surface area contributed by atoms with Crippen molar-refractivity contribution in [3.8, 4) is 0 Å². The highest BCUT2D eigenvalue weighted by molar-refractivity contribution is 7.09. The summed E-state index contributed by atoms with van der Waals surface area (Å²) in [6.45, 7) is 0.544. The Balaban J connectivity index is 1.95. The Morgan fingerprint density at radius 1 is 1.24 bits per heavy atom. The normalized spacial score (nSPS) is 11.6. The molecule has 114 valence electrons. The maximum absolute atomic E-state index is 12.3. The number of nitrogens with zero attached hydrogens (tertiary/aromatic N) is 2. The van der Waals surface area contributed by atoms with Crippen LogP contribution in [-0.4, -0.2) is 29.3 Å². The molecule has 0 unspecified atom stereocenters. The summed E-state index contributed by atoms with van der Waals surface area (Å²) in [6.07, 6.45) is -4.49.